The van der Waals surface area contributed by atoms with Crippen LogP contribution in [-0.2, 0) is 11.2 Å². The van der Waals surface area contributed by atoms with E-state index in [4.69, 9.17) is 4.42 Å². The molecule has 0 aliphatic carbocycles. The van der Waals surface area contributed by atoms with Gasteiger partial charge in [0, 0.05) is 12.8 Å². The summed E-state index contributed by atoms with van der Waals surface area (Å²) in [5.41, 5.74) is 0. The van der Waals surface area contributed by atoms with Gasteiger partial charge in [-0.15, -0.1) is 0 Å². The van der Waals surface area contributed by atoms with Crippen molar-refractivity contribution >= 4 is 6.29 Å². The number of furan rings is 1. The molecule has 2 nitrogen and oxygen atoms in total. The van der Waals surface area contributed by atoms with E-state index in [0.717, 1.165) is 31.3 Å². The third-order valence-corrected chi connectivity index (χ3v) is 1.58. The zero-order chi connectivity index (χ0) is 7.94. The third-order valence-electron chi connectivity index (χ3n) is 1.58. The molecule has 1 aromatic rings. The van der Waals surface area contributed by atoms with Crippen molar-refractivity contribution < 1.29 is 9.21 Å². The van der Waals surface area contributed by atoms with Crippen molar-refractivity contribution in [3.8, 4) is 0 Å². The maximum Gasteiger partial charge on any atom is 0.119 e. The van der Waals surface area contributed by atoms with Gasteiger partial charge >= 0.3 is 0 Å². The Morgan fingerprint density at radius 3 is 3.00 bits per heavy atom. The number of hydrogen-bond donors (Lipinski definition) is 0. The molecule has 2 heteroatoms. The van der Waals surface area contributed by atoms with Gasteiger partial charge in [-0.05, 0) is 25.0 Å². The molecule has 0 bridgehead atoms. The predicted octanol–water partition coefficient (Wildman–Crippen LogP) is 2.19. The van der Waals surface area contributed by atoms with Gasteiger partial charge in [-0.2, -0.15) is 0 Å². The average molecular weight is 152 g/mol. The number of unbranched alkanes of at least 4 members (excludes halogenated alkanes) is 2. The molecule has 1 aromatic heterocycles. The largest absolute Gasteiger partial charge is 0.469 e. The number of carbonyl (C=O) groups is 1. The van der Waals surface area contributed by atoms with Gasteiger partial charge in [-0.25, -0.2) is 0 Å². The van der Waals surface area contributed by atoms with E-state index in [2.05, 4.69) is 0 Å². The monoisotopic (exact) mass is 152 g/mol. The lowest BCUT2D eigenvalue weighted by molar-refractivity contribution is -0.107. The molecule has 0 aromatic carbocycles. The molecule has 0 aliphatic rings. The van der Waals surface area contributed by atoms with E-state index in [1.54, 1.807) is 6.26 Å². The average Bonchev–Trinajstić information content (AvgIpc) is 2.50. The van der Waals surface area contributed by atoms with Crippen molar-refractivity contribution in [2.75, 3.05) is 0 Å². The van der Waals surface area contributed by atoms with Gasteiger partial charge < -0.3 is 9.21 Å². The lowest BCUT2D eigenvalue weighted by Gasteiger charge is -1.92. The van der Waals surface area contributed by atoms with Crippen LogP contribution in [0.3, 0.4) is 0 Å². The summed E-state index contributed by atoms with van der Waals surface area (Å²) in [6.07, 6.45) is 6.25. The van der Waals surface area contributed by atoms with Crippen LogP contribution in [0, 0.1) is 0 Å². The second-order valence-electron chi connectivity index (χ2n) is 2.49. The summed E-state index contributed by atoms with van der Waals surface area (Å²) >= 11 is 0. The van der Waals surface area contributed by atoms with E-state index in [9.17, 15) is 4.79 Å². The van der Waals surface area contributed by atoms with E-state index in [0.29, 0.717) is 6.42 Å². The molecule has 0 N–H and O–H groups in total. The van der Waals surface area contributed by atoms with Gasteiger partial charge in [0.1, 0.15) is 12.0 Å². The smallest absolute Gasteiger partial charge is 0.119 e. The number of hydrogen-bond acceptors (Lipinski definition) is 2. The van der Waals surface area contributed by atoms with Crippen molar-refractivity contribution in [2.45, 2.75) is 25.7 Å². The summed E-state index contributed by atoms with van der Waals surface area (Å²) in [7, 11) is 0. The van der Waals surface area contributed by atoms with E-state index in [1.807, 2.05) is 12.1 Å². The number of aldehydes is 1. The predicted molar refractivity (Wildman–Crippen MR) is 42.3 cm³/mol. The van der Waals surface area contributed by atoms with Crippen LogP contribution in [0.15, 0.2) is 22.8 Å². The molecule has 0 aliphatic heterocycles. The van der Waals surface area contributed by atoms with Crippen LogP contribution in [-0.4, -0.2) is 6.29 Å². The maximum atomic E-state index is 9.94. The number of rotatable bonds is 5. The first kappa shape index (κ1) is 8.05. The zero-order valence-corrected chi connectivity index (χ0v) is 6.45. The summed E-state index contributed by atoms with van der Waals surface area (Å²) in [5.74, 6) is 1.01. The molecule has 1 rings (SSSR count). The van der Waals surface area contributed by atoms with Crippen LogP contribution in [0.4, 0.5) is 0 Å². The summed E-state index contributed by atoms with van der Waals surface area (Å²) in [4.78, 5) is 9.94. The Bertz CT molecular complexity index is 189. The maximum absolute atomic E-state index is 9.94. The van der Waals surface area contributed by atoms with Crippen LogP contribution in [0.5, 0.6) is 0 Å². The van der Waals surface area contributed by atoms with Crippen molar-refractivity contribution in [3.63, 3.8) is 0 Å². The molecule has 0 fully saturated rings. The first-order chi connectivity index (χ1) is 5.43. The van der Waals surface area contributed by atoms with Gasteiger partial charge in [-0.1, -0.05) is 0 Å². The van der Waals surface area contributed by atoms with Crippen LogP contribution in [0.1, 0.15) is 25.0 Å². The molecule has 0 unspecified atom stereocenters. The van der Waals surface area contributed by atoms with Gasteiger partial charge in [0.2, 0.25) is 0 Å². The van der Waals surface area contributed by atoms with Crippen molar-refractivity contribution in [1.29, 1.82) is 0 Å². The minimum absolute atomic E-state index is 0.667. The standard InChI is InChI=1S/C9H12O2/c10-7-3-1-2-5-9-6-4-8-11-9/h4,6-8H,1-3,5H2. The highest BCUT2D eigenvalue weighted by atomic mass is 16.3. The summed E-state index contributed by atoms with van der Waals surface area (Å²) < 4.78 is 5.13. The fourth-order valence-electron chi connectivity index (χ4n) is 0.982. The van der Waals surface area contributed by atoms with E-state index >= 15 is 0 Å². The molecule has 11 heavy (non-hydrogen) atoms. The molecule has 1 heterocycles. The van der Waals surface area contributed by atoms with Crippen LogP contribution < -0.4 is 0 Å². The number of carbonyl (C=O) groups excluding carboxylic acids is 1. The molecule has 0 spiro atoms. The van der Waals surface area contributed by atoms with Crippen molar-refractivity contribution in [3.05, 3.63) is 24.2 Å². The van der Waals surface area contributed by atoms with Crippen LogP contribution in [0.2, 0.25) is 0 Å². The molecule has 0 atom stereocenters. The Morgan fingerprint density at radius 2 is 2.36 bits per heavy atom. The highest BCUT2D eigenvalue weighted by Crippen LogP contribution is 2.05. The lowest BCUT2D eigenvalue weighted by atomic mass is 10.2. The SMILES string of the molecule is O=CCCCCc1ccco1. The fraction of sp³-hybridized carbons (Fsp3) is 0.444. The molecule has 0 saturated carbocycles. The first-order valence-corrected chi connectivity index (χ1v) is 3.89. The third kappa shape index (κ3) is 3.03. The molecule has 0 radical (unpaired) electrons. The minimum Gasteiger partial charge on any atom is -0.469 e. The minimum atomic E-state index is 0.667. The second-order valence-corrected chi connectivity index (χ2v) is 2.49. The highest BCUT2D eigenvalue weighted by Gasteiger charge is 1.93. The Morgan fingerprint density at radius 1 is 1.45 bits per heavy atom. The molecular formula is C9H12O2. The number of aryl methyl sites for hydroxylation is 1. The fourth-order valence-corrected chi connectivity index (χ4v) is 0.982. The van der Waals surface area contributed by atoms with Crippen LogP contribution in [0.25, 0.3) is 0 Å². The van der Waals surface area contributed by atoms with Crippen molar-refractivity contribution in [2.24, 2.45) is 0 Å². The Balaban J connectivity index is 2.09. The van der Waals surface area contributed by atoms with E-state index < -0.39 is 0 Å². The summed E-state index contributed by atoms with van der Waals surface area (Å²) in [6, 6.07) is 3.84. The Kier molecular flexibility index (Phi) is 3.45. The molecule has 0 amide bonds. The van der Waals surface area contributed by atoms with Gasteiger partial charge in [0.25, 0.3) is 0 Å². The Hall–Kier alpha value is -1.05. The van der Waals surface area contributed by atoms with Gasteiger partial charge in [0.05, 0.1) is 6.26 Å². The van der Waals surface area contributed by atoms with Gasteiger partial charge in [-0.3, -0.25) is 0 Å². The zero-order valence-electron chi connectivity index (χ0n) is 6.45. The van der Waals surface area contributed by atoms with Crippen LogP contribution >= 0.6 is 0 Å². The molecular weight excluding hydrogens is 140 g/mol. The summed E-state index contributed by atoms with van der Waals surface area (Å²) in [5, 5.41) is 0. The highest BCUT2D eigenvalue weighted by molar-refractivity contribution is 5.48. The molecule has 60 valence electrons. The summed E-state index contributed by atoms with van der Waals surface area (Å²) in [6.45, 7) is 0. The second kappa shape index (κ2) is 4.72. The Labute approximate surface area is 66.2 Å². The van der Waals surface area contributed by atoms with E-state index in [1.165, 1.54) is 0 Å². The normalized spacial score (nSPS) is 9.82. The van der Waals surface area contributed by atoms with Gasteiger partial charge in [0.15, 0.2) is 0 Å². The topological polar surface area (TPSA) is 30.2 Å². The first-order valence-electron chi connectivity index (χ1n) is 3.89. The van der Waals surface area contributed by atoms with Crippen molar-refractivity contribution in [1.82, 2.24) is 0 Å². The van der Waals surface area contributed by atoms with E-state index in [-0.39, 0.29) is 0 Å². The molecule has 0 saturated heterocycles. The lowest BCUT2D eigenvalue weighted by Crippen LogP contribution is -1.82. The quantitative estimate of drug-likeness (QED) is 0.478.